The van der Waals surface area contributed by atoms with E-state index in [0.29, 0.717) is 22.2 Å². The van der Waals surface area contributed by atoms with Crippen LogP contribution in [0.2, 0.25) is 15.1 Å². The monoisotopic (exact) mass is 715 g/mol. The van der Waals surface area contributed by atoms with E-state index in [1.807, 2.05) is 37.3 Å². The summed E-state index contributed by atoms with van der Waals surface area (Å²) in [5.74, 6) is -0.838. The van der Waals surface area contributed by atoms with Crippen molar-refractivity contribution in [2.75, 3.05) is 24.5 Å². The number of sulfonamides is 1. The molecule has 0 unspecified atom stereocenters. The predicted molar refractivity (Wildman–Crippen MR) is 188 cm³/mol. The smallest absolute Gasteiger partial charge is 0.264 e. The molecule has 8 nitrogen and oxygen atoms in total. The van der Waals surface area contributed by atoms with E-state index in [2.05, 4.69) is 5.32 Å². The summed E-state index contributed by atoms with van der Waals surface area (Å²) in [6.45, 7) is 1.66. The van der Waals surface area contributed by atoms with Crippen LogP contribution in [-0.2, 0) is 32.6 Å². The second kappa shape index (κ2) is 16.9. The molecular formula is C35H36Cl3N3O5S. The van der Waals surface area contributed by atoms with Gasteiger partial charge in [0, 0.05) is 34.6 Å². The molecule has 1 N–H and O–H groups in total. The number of unbranched alkanes of at least 4 members (excludes halogenated alkanes) is 1. The maximum absolute atomic E-state index is 14.6. The molecule has 0 aliphatic rings. The van der Waals surface area contributed by atoms with Gasteiger partial charge in [0.25, 0.3) is 10.0 Å². The molecule has 4 aromatic rings. The summed E-state index contributed by atoms with van der Waals surface area (Å²) in [7, 11) is -2.94. The Morgan fingerprint density at radius 3 is 2.15 bits per heavy atom. The number of carbonyl (C=O) groups is 2. The van der Waals surface area contributed by atoms with E-state index >= 15 is 0 Å². The number of halogens is 3. The lowest BCUT2D eigenvalue weighted by Crippen LogP contribution is -2.53. The van der Waals surface area contributed by atoms with Gasteiger partial charge in [0.05, 0.1) is 17.7 Å². The van der Waals surface area contributed by atoms with Gasteiger partial charge in [-0.3, -0.25) is 13.9 Å². The first-order valence-electron chi connectivity index (χ1n) is 15.0. The SMILES string of the molecule is CCCCNC(=O)[C@@H](Cc1ccccc1)N(Cc1ccc(Cl)cc1Cl)C(=O)CN(c1cc(Cl)ccc1OC)S(=O)(=O)c1ccccc1. The second-order valence-electron chi connectivity index (χ2n) is 10.7. The number of methoxy groups -OCH3 is 1. The van der Waals surface area contributed by atoms with Crippen LogP contribution in [0.4, 0.5) is 5.69 Å². The fourth-order valence-electron chi connectivity index (χ4n) is 4.98. The Bertz CT molecular complexity index is 1780. The van der Waals surface area contributed by atoms with Gasteiger partial charge in [-0.25, -0.2) is 8.42 Å². The quantitative estimate of drug-likeness (QED) is 0.129. The summed E-state index contributed by atoms with van der Waals surface area (Å²) in [6.07, 6.45) is 1.78. The van der Waals surface area contributed by atoms with Gasteiger partial charge in [0.2, 0.25) is 11.8 Å². The van der Waals surface area contributed by atoms with Crippen molar-refractivity contribution < 1.29 is 22.7 Å². The molecule has 2 amide bonds. The number of carbonyl (C=O) groups excluding carboxylic acids is 2. The maximum Gasteiger partial charge on any atom is 0.264 e. The van der Waals surface area contributed by atoms with Crippen LogP contribution in [0.5, 0.6) is 5.75 Å². The first-order valence-corrected chi connectivity index (χ1v) is 17.6. The third-order valence-electron chi connectivity index (χ3n) is 7.48. The standard InChI is InChI=1S/C35H36Cl3N3O5S/c1-3-4-19-39-35(43)32(20-25-11-7-5-8-12-25)40(23-26-15-16-27(36)21-30(26)38)34(42)24-41(31-22-28(37)17-18-33(31)46-2)47(44,45)29-13-9-6-10-14-29/h5-18,21-22,32H,3-4,19-20,23-24H2,1-2H3,(H,39,43)/t32-/m1/s1. The van der Waals surface area contributed by atoms with E-state index in [1.165, 1.54) is 36.3 Å². The number of amides is 2. The van der Waals surface area contributed by atoms with Crippen LogP contribution in [0.15, 0.2) is 102 Å². The van der Waals surface area contributed by atoms with Gasteiger partial charge in [0.1, 0.15) is 18.3 Å². The molecule has 1 atom stereocenters. The number of nitrogens with one attached hydrogen (secondary N) is 1. The number of ether oxygens (including phenoxy) is 1. The van der Waals surface area contributed by atoms with Crippen molar-refractivity contribution in [1.29, 1.82) is 0 Å². The molecule has 4 rings (SSSR count). The predicted octanol–water partition coefficient (Wildman–Crippen LogP) is 7.41. The van der Waals surface area contributed by atoms with E-state index in [9.17, 15) is 18.0 Å². The zero-order chi connectivity index (χ0) is 34.0. The highest BCUT2D eigenvalue weighted by Gasteiger charge is 2.36. The second-order valence-corrected chi connectivity index (χ2v) is 13.9. The molecule has 248 valence electrons. The summed E-state index contributed by atoms with van der Waals surface area (Å²) in [5.41, 5.74) is 1.41. The van der Waals surface area contributed by atoms with Crippen molar-refractivity contribution in [3.63, 3.8) is 0 Å². The van der Waals surface area contributed by atoms with Crippen molar-refractivity contribution >= 4 is 62.3 Å². The molecule has 0 radical (unpaired) electrons. The zero-order valence-electron chi connectivity index (χ0n) is 26.0. The average molecular weight is 717 g/mol. The molecule has 0 fully saturated rings. The highest BCUT2D eigenvalue weighted by Crippen LogP contribution is 2.35. The lowest BCUT2D eigenvalue weighted by Gasteiger charge is -2.34. The van der Waals surface area contributed by atoms with E-state index in [4.69, 9.17) is 39.5 Å². The number of anilines is 1. The van der Waals surface area contributed by atoms with E-state index in [0.717, 1.165) is 22.7 Å². The molecule has 0 aliphatic carbocycles. The first kappa shape index (κ1) is 36.1. The molecule has 0 saturated heterocycles. The number of nitrogens with zero attached hydrogens (tertiary/aromatic N) is 2. The van der Waals surface area contributed by atoms with Gasteiger partial charge in [-0.15, -0.1) is 0 Å². The summed E-state index contributed by atoms with van der Waals surface area (Å²) in [6, 6.07) is 25.4. The van der Waals surface area contributed by atoms with Crippen LogP contribution in [0.3, 0.4) is 0 Å². The molecule has 47 heavy (non-hydrogen) atoms. The van der Waals surface area contributed by atoms with Crippen LogP contribution in [0.25, 0.3) is 0 Å². The summed E-state index contributed by atoms with van der Waals surface area (Å²) < 4.78 is 34.9. The number of hydrogen-bond donors (Lipinski definition) is 1. The number of benzene rings is 4. The molecule has 0 saturated carbocycles. The van der Waals surface area contributed by atoms with E-state index in [-0.39, 0.29) is 40.2 Å². The van der Waals surface area contributed by atoms with Gasteiger partial charge in [-0.1, -0.05) is 103 Å². The molecule has 12 heteroatoms. The Morgan fingerprint density at radius 1 is 0.872 bits per heavy atom. The fourth-order valence-corrected chi connectivity index (χ4v) is 7.06. The van der Waals surface area contributed by atoms with E-state index < -0.39 is 28.5 Å². The minimum absolute atomic E-state index is 0.0414. The van der Waals surface area contributed by atoms with Crippen molar-refractivity contribution in [3.8, 4) is 5.75 Å². The largest absolute Gasteiger partial charge is 0.495 e. The fraction of sp³-hybridized carbons (Fsp3) is 0.257. The highest BCUT2D eigenvalue weighted by molar-refractivity contribution is 7.92. The van der Waals surface area contributed by atoms with Crippen LogP contribution < -0.4 is 14.4 Å². The van der Waals surface area contributed by atoms with E-state index in [1.54, 1.807) is 42.5 Å². The normalized spacial score (nSPS) is 11.9. The third-order valence-corrected chi connectivity index (χ3v) is 10.1. The topological polar surface area (TPSA) is 96.0 Å². The van der Waals surface area contributed by atoms with Crippen molar-refractivity contribution in [2.24, 2.45) is 0 Å². The molecule has 0 spiro atoms. The number of hydrogen-bond acceptors (Lipinski definition) is 5. The number of rotatable bonds is 15. The molecule has 0 heterocycles. The van der Waals surface area contributed by atoms with Crippen LogP contribution in [0, 0.1) is 0 Å². The first-order chi connectivity index (χ1) is 22.5. The maximum atomic E-state index is 14.6. The minimum Gasteiger partial charge on any atom is -0.495 e. The van der Waals surface area contributed by atoms with Gasteiger partial charge >= 0.3 is 0 Å². The van der Waals surface area contributed by atoms with Gasteiger partial charge in [0.15, 0.2) is 0 Å². The Morgan fingerprint density at radius 2 is 1.51 bits per heavy atom. The molecule has 0 bridgehead atoms. The van der Waals surface area contributed by atoms with Crippen LogP contribution in [0.1, 0.15) is 30.9 Å². The Kier molecular flexibility index (Phi) is 13.0. The lowest BCUT2D eigenvalue weighted by molar-refractivity contribution is -0.140. The van der Waals surface area contributed by atoms with Crippen LogP contribution in [-0.4, -0.2) is 51.4 Å². The molecular weight excluding hydrogens is 681 g/mol. The lowest BCUT2D eigenvalue weighted by atomic mass is 10.0. The zero-order valence-corrected chi connectivity index (χ0v) is 29.1. The third kappa shape index (κ3) is 9.41. The minimum atomic E-state index is -4.34. The van der Waals surface area contributed by atoms with Gasteiger partial charge < -0.3 is 15.0 Å². The van der Waals surface area contributed by atoms with Gasteiger partial charge in [-0.2, -0.15) is 0 Å². The van der Waals surface area contributed by atoms with Gasteiger partial charge in [-0.05, 0) is 60.0 Å². The molecule has 4 aromatic carbocycles. The summed E-state index contributed by atoms with van der Waals surface area (Å²) in [5, 5.41) is 3.90. The summed E-state index contributed by atoms with van der Waals surface area (Å²) in [4.78, 5) is 29.9. The van der Waals surface area contributed by atoms with Crippen molar-refractivity contribution in [3.05, 3.63) is 123 Å². The molecule has 0 aromatic heterocycles. The van der Waals surface area contributed by atoms with Crippen LogP contribution >= 0.6 is 34.8 Å². The van der Waals surface area contributed by atoms with Crippen molar-refractivity contribution in [2.45, 2.75) is 43.7 Å². The highest BCUT2D eigenvalue weighted by atomic mass is 35.5. The Balaban J connectivity index is 1.85. The molecule has 0 aliphatic heterocycles. The average Bonchev–Trinajstić information content (AvgIpc) is 3.06. The van der Waals surface area contributed by atoms with Crippen molar-refractivity contribution in [1.82, 2.24) is 10.2 Å². The summed E-state index contributed by atoms with van der Waals surface area (Å²) >= 11 is 19.1. The Hall–Kier alpha value is -3.76. The Labute approximate surface area is 291 Å².